The van der Waals surface area contributed by atoms with Gasteiger partial charge in [0.05, 0.1) is 6.04 Å². The summed E-state index contributed by atoms with van der Waals surface area (Å²) in [6.45, 7) is 13.4. The molecule has 0 aromatic rings. The van der Waals surface area contributed by atoms with E-state index in [1.807, 2.05) is 0 Å². The predicted molar refractivity (Wildman–Crippen MR) is 69.3 cm³/mol. The van der Waals surface area contributed by atoms with Gasteiger partial charge >= 0.3 is 0 Å². The summed E-state index contributed by atoms with van der Waals surface area (Å²) in [5, 5.41) is 0. The first-order valence-electron chi connectivity index (χ1n) is 5.94. The Morgan fingerprint density at radius 3 is 2.06 bits per heavy atom. The van der Waals surface area contributed by atoms with Crippen LogP contribution in [0.2, 0.25) is 0 Å². The van der Waals surface area contributed by atoms with E-state index in [1.165, 1.54) is 6.42 Å². The molecule has 0 aliphatic carbocycles. The molecule has 1 rings (SSSR count). The van der Waals surface area contributed by atoms with Crippen molar-refractivity contribution in [2.75, 3.05) is 13.1 Å². The highest BCUT2D eigenvalue weighted by atomic mass is 15.3. The highest BCUT2D eigenvalue weighted by Crippen LogP contribution is 2.34. The van der Waals surface area contributed by atoms with E-state index in [9.17, 15) is 0 Å². The van der Waals surface area contributed by atoms with Gasteiger partial charge < -0.3 is 11.5 Å². The van der Waals surface area contributed by atoms with Crippen molar-refractivity contribution in [1.29, 1.82) is 0 Å². The molecule has 0 unspecified atom stereocenters. The van der Waals surface area contributed by atoms with Crippen molar-refractivity contribution in [3.8, 4) is 0 Å². The highest BCUT2D eigenvalue weighted by molar-refractivity contribution is 5.76. The largest absolute Gasteiger partial charge is 0.370 e. The molecule has 0 saturated carbocycles. The van der Waals surface area contributed by atoms with Crippen molar-refractivity contribution >= 4 is 5.96 Å². The van der Waals surface area contributed by atoms with E-state index < -0.39 is 0 Å². The Hall–Kier alpha value is -0.770. The summed E-state index contributed by atoms with van der Waals surface area (Å²) in [6, 6.07) is 0.296. The minimum Gasteiger partial charge on any atom is -0.370 e. The average Bonchev–Trinajstić information content (AvgIpc) is 1.89. The van der Waals surface area contributed by atoms with Gasteiger partial charge in [-0.15, -0.1) is 0 Å². The van der Waals surface area contributed by atoms with Crippen LogP contribution in [0.15, 0.2) is 4.99 Å². The summed E-state index contributed by atoms with van der Waals surface area (Å²) in [5.74, 6) is 0.207. The fourth-order valence-corrected chi connectivity index (χ4v) is 2.65. The molecule has 4 nitrogen and oxygen atoms in total. The van der Waals surface area contributed by atoms with E-state index in [-0.39, 0.29) is 11.5 Å². The Morgan fingerprint density at radius 1 is 1.19 bits per heavy atom. The molecule has 0 radical (unpaired) electrons. The van der Waals surface area contributed by atoms with Gasteiger partial charge in [0.25, 0.3) is 0 Å². The lowest BCUT2D eigenvalue weighted by Gasteiger charge is -2.50. The van der Waals surface area contributed by atoms with Crippen molar-refractivity contribution in [2.45, 2.75) is 52.6 Å². The lowest BCUT2D eigenvalue weighted by molar-refractivity contribution is 0.0119. The summed E-state index contributed by atoms with van der Waals surface area (Å²) in [6.07, 6.45) is 1.18. The topological polar surface area (TPSA) is 67.6 Å². The molecule has 0 bridgehead atoms. The zero-order valence-electron chi connectivity index (χ0n) is 11.2. The fourth-order valence-electron chi connectivity index (χ4n) is 2.65. The van der Waals surface area contributed by atoms with Crippen LogP contribution in [0.25, 0.3) is 0 Å². The summed E-state index contributed by atoms with van der Waals surface area (Å²) in [7, 11) is 0. The summed E-state index contributed by atoms with van der Waals surface area (Å²) >= 11 is 0. The summed E-state index contributed by atoms with van der Waals surface area (Å²) in [5.41, 5.74) is 11.3. The molecular formula is C12H26N4. The van der Waals surface area contributed by atoms with Crippen molar-refractivity contribution < 1.29 is 0 Å². The Labute approximate surface area is 99.1 Å². The SMILES string of the molecule is CC(C)(C)CC(C)(C)N1CC(N=C(N)N)C1. The number of likely N-dealkylation sites (tertiary alicyclic amines) is 1. The van der Waals surface area contributed by atoms with Crippen LogP contribution in [0.4, 0.5) is 0 Å². The van der Waals surface area contributed by atoms with Crippen LogP contribution in [0, 0.1) is 5.41 Å². The second-order valence-corrected chi connectivity index (χ2v) is 6.66. The van der Waals surface area contributed by atoms with E-state index in [0.717, 1.165) is 13.1 Å². The van der Waals surface area contributed by atoms with Gasteiger partial charge in [0.1, 0.15) is 0 Å². The first-order valence-corrected chi connectivity index (χ1v) is 5.94. The van der Waals surface area contributed by atoms with Gasteiger partial charge in [-0.05, 0) is 25.7 Å². The van der Waals surface area contributed by atoms with Crippen LogP contribution >= 0.6 is 0 Å². The number of hydrogen-bond acceptors (Lipinski definition) is 2. The molecule has 1 aliphatic rings. The van der Waals surface area contributed by atoms with Crippen LogP contribution < -0.4 is 11.5 Å². The third-order valence-electron chi connectivity index (χ3n) is 3.01. The fraction of sp³-hybridized carbons (Fsp3) is 0.917. The van der Waals surface area contributed by atoms with E-state index >= 15 is 0 Å². The monoisotopic (exact) mass is 226 g/mol. The lowest BCUT2D eigenvalue weighted by Crippen LogP contribution is -2.60. The van der Waals surface area contributed by atoms with E-state index in [0.29, 0.717) is 11.5 Å². The van der Waals surface area contributed by atoms with Crippen LogP contribution in [-0.4, -0.2) is 35.5 Å². The van der Waals surface area contributed by atoms with Gasteiger partial charge in [-0.3, -0.25) is 4.90 Å². The second kappa shape index (κ2) is 4.24. The van der Waals surface area contributed by atoms with Crippen molar-refractivity contribution in [1.82, 2.24) is 4.90 Å². The molecule has 4 heteroatoms. The maximum atomic E-state index is 5.37. The molecule has 16 heavy (non-hydrogen) atoms. The second-order valence-electron chi connectivity index (χ2n) is 6.66. The van der Waals surface area contributed by atoms with Gasteiger partial charge in [-0.1, -0.05) is 20.8 Å². The zero-order chi connectivity index (χ0) is 12.6. The quantitative estimate of drug-likeness (QED) is 0.560. The van der Waals surface area contributed by atoms with E-state index in [4.69, 9.17) is 11.5 Å². The summed E-state index contributed by atoms with van der Waals surface area (Å²) < 4.78 is 0. The van der Waals surface area contributed by atoms with Crippen molar-refractivity contribution in [3.05, 3.63) is 0 Å². The first-order chi connectivity index (χ1) is 7.10. The normalized spacial score (nSPS) is 19.3. The third-order valence-corrected chi connectivity index (χ3v) is 3.01. The molecule has 0 aromatic carbocycles. The van der Waals surface area contributed by atoms with Gasteiger partial charge in [0.2, 0.25) is 0 Å². The zero-order valence-corrected chi connectivity index (χ0v) is 11.2. The number of hydrogen-bond donors (Lipinski definition) is 2. The molecule has 1 fully saturated rings. The first kappa shape index (κ1) is 13.3. The number of nitrogens with two attached hydrogens (primary N) is 2. The Kier molecular flexibility index (Phi) is 3.53. The highest BCUT2D eigenvalue weighted by Gasteiger charge is 2.39. The predicted octanol–water partition coefficient (Wildman–Crippen LogP) is 1.16. The van der Waals surface area contributed by atoms with E-state index in [2.05, 4.69) is 44.5 Å². The molecule has 0 aromatic heterocycles. The van der Waals surface area contributed by atoms with Gasteiger partial charge in [-0.25, -0.2) is 4.99 Å². The molecule has 1 aliphatic heterocycles. The molecule has 1 heterocycles. The molecule has 0 spiro atoms. The maximum Gasteiger partial charge on any atom is 0.186 e. The van der Waals surface area contributed by atoms with Crippen molar-refractivity contribution in [3.63, 3.8) is 0 Å². The third kappa shape index (κ3) is 3.67. The average molecular weight is 226 g/mol. The Bertz CT molecular complexity index is 265. The van der Waals surface area contributed by atoms with E-state index in [1.54, 1.807) is 0 Å². The molecule has 94 valence electrons. The number of rotatable bonds is 3. The molecule has 0 amide bonds. The number of nitrogens with zero attached hydrogens (tertiary/aromatic N) is 2. The molecular weight excluding hydrogens is 200 g/mol. The standard InChI is InChI=1S/C12H26N4/c1-11(2,3)8-12(4,5)16-6-9(7-16)15-10(13)14/h9H,6-8H2,1-5H3,(H4,13,14,15). The number of aliphatic imine (C=N–C) groups is 1. The minimum absolute atomic E-state index is 0.207. The molecule has 0 atom stereocenters. The smallest absolute Gasteiger partial charge is 0.186 e. The molecule has 1 saturated heterocycles. The Morgan fingerprint density at radius 2 is 1.69 bits per heavy atom. The Balaban J connectivity index is 2.47. The maximum absolute atomic E-state index is 5.37. The number of guanidine groups is 1. The van der Waals surface area contributed by atoms with Gasteiger partial charge in [0, 0.05) is 18.6 Å². The van der Waals surface area contributed by atoms with Gasteiger partial charge in [0.15, 0.2) is 5.96 Å². The van der Waals surface area contributed by atoms with Crippen molar-refractivity contribution in [2.24, 2.45) is 21.9 Å². The minimum atomic E-state index is 0.207. The lowest BCUT2D eigenvalue weighted by atomic mass is 9.79. The van der Waals surface area contributed by atoms with Crippen LogP contribution in [0.3, 0.4) is 0 Å². The van der Waals surface area contributed by atoms with Crippen LogP contribution in [0.5, 0.6) is 0 Å². The van der Waals surface area contributed by atoms with Gasteiger partial charge in [-0.2, -0.15) is 0 Å². The summed E-state index contributed by atoms with van der Waals surface area (Å²) in [4.78, 5) is 6.63. The van der Waals surface area contributed by atoms with Crippen LogP contribution in [0.1, 0.15) is 41.0 Å². The molecule has 4 N–H and O–H groups in total. The van der Waals surface area contributed by atoms with Crippen LogP contribution in [-0.2, 0) is 0 Å².